The van der Waals surface area contributed by atoms with Crippen LogP contribution in [-0.2, 0) is 6.42 Å². The molecule has 3 heterocycles. The zero-order valence-corrected chi connectivity index (χ0v) is 14.3. The lowest BCUT2D eigenvalue weighted by Gasteiger charge is -2.19. The number of fused-ring (bicyclic) bond motifs is 4. The summed E-state index contributed by atoms with van der Waals surface area (Å²) in [5.74, 6) is 0.912. The van der Waals surface area contributed by atoms with Crippen molar-refractivity contribution in [2.24, 2.45) is 0 Å². The van der Waals surface area contributed by atoms with Gasteiger partial charge in [0.05, 0.1) is 41.5 Å². The highest BCUT2D eigenvalue weighted by Crippen LogP contribution is 2.41. The molecule has 0 bridgehead atoms. The molecule has 7 nitrogen and oxygen atoms in total. The molecule has 0 unspecified atom stereocenters. The average Bonchev–Trinajstić information content (AvgIpc) is 3.33. The molecule has 0 radical (unpaired) electrons. The third-order valence-corrected chi connectivity index (χ3v) is 6.31. The molecule has 5 rings (SSSR count). The molecule has 3 aliphatic rings. The lowest BCUT2D eigenvalue weighted by atomic mass is 10.1. The van der Waals surface area contributed by atoms with E-state index in [9.17, 15) is 4.79 Å². The van der Waals surface area contributed by atoms with E-state index in [4.69, 9.17) is 15.0 Å². The van der Waals surface area contributed by atoms with Gasteiger partial charge in [0.25, 0.3) is 0 Å². The average molecular weight is 355 g/mol. The molecule has 1 aliphatic carbocycles. The number of rotatable bonds is 3. The fraction of sp³-hybridized carbons (Fsp3) is 0.471. The molecule has 128 valence electrons. The molecular weight excluding hydrogens is 338 g/mol. The highest BCUT2D eigenvalue weighted by molar-refractivity contribution is 7.22. The maximum absolute atomic E-state index is 12.5. The molecule has 1 aromatic carbocycles. The SMILES string of the molecule is N#CCN[C@@H]1C[C@H]2NC(=O)N(c3nc4c5c(ccc4s3)OCC5)[C@H]2C1. The zero-order valence-electron chi connectivity index (χ0n) is 13.5. The number of benzene rings is 1. The fourth-order valence-corrected chi connectivity index (χ4v) is 5.23. The smallest absolute Gasteiger partial charge is 0.324 e. The maximum atomic E-state index is 12.5. The number of amides is 2. The number of carbonyl (C=O) groups excluding carboxylic acids is 1. The number of hydrogen-bond donors (Lipinski definition) is 2. The Kier molecular flexibility index (Phi) is 3.33. The van der Waals surface area contributed by atoms with Crippen molar-refractivity contribution in [3.05, 3.63) is 17.7 Å². The molecule has 8 heteroatoms. The van der Waals surface area contributed by atoms with Crippen molar-refractivity contribution >= 4 is 32.7 Å². The molecule has 2 aromatic rings. The summed E-state index contributed by atoms with van der Waals surface area (Å²) < 4.78 is 6.71. The van der Waals surface area contributed by atoms with Crippen LogP contribution in [0, 0.1) is 11.3 Å². The van der Waals surface area contributed by atoms with E-state index < -0.39 is 0 Å². The summed E-state index contributed by atoms with van der Waals surface area (Å²) in [6.07, 6.45) is 2.55. The number of nitrogens with one attached hydrogen (secondary N) is 2. The largest absolute Gasteiger partial charge is 0.493 e. The van der Waals surface area contributed by atoms with Crippen LogP contribution < -0.4 is 20.3 Å². The third-order valence-electron chi connectivity index (χ3n) is 5.29. The highest BCUT2D eigenvalue weighted by atomic mass is 32.1. The predicted octanol–water partition coefficient (Wildman–Crippen LogP) is 1.77. The number of anilines is 1. The predicted molar refractivity (Wildman–Crippen MR) is 94.0 cm³/mol. The van der Waals surface area contributed by atoms with Crippen LogP contribution in [0.2, 0.25) is 0 Å². The molecule has 2 aliphatic heterocycles. The first-order valence-electron chi connectivity index (χ1n) is 8.50. The number of thiazole rings is 1. The number of nitrogens with zero attached hydrogens (tertiary/aromatic N) is 3. The first-order chi connectivity index (χ1) is 12.2. The van der Waals surface area contributed by atoms with Crippen LogP contribution in [0.25, 0.3) is 10.2 Å². The first kappa shape index (κ1) is 14.9. The van der Waals surface area contributed by atoms with Gasteiger partial charge in [-0.15, -0.1) is 0 Å². The van der Waals surface area contributed by atoms with E-state index in [0.717, 1.165) is 45.9 Å². The topological polar surface area (TPSA) is 90.3 Å². The van der Waals surface area contributed by atoms with E-state index >= 15 is 0 Å². The van der Waals surface area contributed by atoms with Crippen LogP contribution in [0.1, 0.15) is 18.4 Å². The van der Waals surface area contributed by atoms with Gasteiger partial charge in [0.2, 0.25) is 0 Å². The number of carbonyl (C=O) groups is 1. The van der Waals surface area contributed by atoms with E-state index in [0.29, 0.717) is 13.2 Å². The second kappa shape index (κ2) is 5.58. The number of aromatic nitrogens is 1. The van der Waals surface area contributed by atoms with Crippen LogP contribution in [0.3, 0.4) is 0 Å². The Hall–Kier alpha value is -2.37. The van der Waals surface area contributed by atoms with Gasteiger partial charge < -0.3 is 15.4 Å². The minimum Gasteiger partial charge on any atom is -0.493 e. The standard InChI is InChI=1S/C17H17N5O2S/c18-4-5-19-9-7-11-12(8-9)22(16(23)20-11)17-21-15-10-3-6-24-13(10)1-2-14(15)25-17/h1-2,9,11-12,19H,3,5-8H2,(H,20,23)/t9-,11-,12+/m1/s1. The summed E-state index contributed by atoms with van der Waals surface area (Å²) in [5.41, 5.74) is 2.11. The van der Waals surface area contributed by atoms with Crippen molar-refractivity contribution in [1.82, 2.24) is 15.6 Å². The van der Waals surface area contributed by atoms with Crippen molar-refractivity contribution in [3.8, 4) is 11.8 Å². The van der Waals surface area contributed by atoms with Gasteiger partial charge in [0.1, 0.15) is 5.75 Å². The number of ether oxygens (including phenoxy) is 1. The quantitative estimate of drug-likeness (QED) is 0.819. The van der Waals surface area contributed by atoms with Gasteiger partial charge in [-0.05, 0) is 25.0 Å². The van der Waals surface area contributed by atoms with E-state index in [-0.39, 0.29) is 24.2 Å². The molecule has 25 heavy (non-hydrogen) atoms. The van der Waals surface area contributed by atoms with Crippen molar-refractivity contribution in [3.63, 3.8) is 0 Å². The monoisotopic (exact) mass is 355 g/mol. The lowest BCUT2D eigenvalue weighted by molar-refractivity contribution is 0.249. The van der Waals surface area contributed by atoms with Crippen molar-refractivity contribution < 1.29 is 9.53 Å². The summed E-state index contributed by atoms with van der Waals surface area (Å²) in [4.78, 5) is 19.1. The minimum absolute atomic E-state index is 0.0688. The summed E-state index contributed by atoms with van der Waals surface area (Å²) in [7, 11) is 0. The highest BCUT2D eigenvalue weighted by Gasteiger charge is 2.47. The minimum atomic E-state index is -0.0688. The van der Waals surface area contributed by atoms with Crippen LogP contribution in [-0.4, -0.2) is 42.3 Å². The summed E-state index contributed by atoms with van der Waals surface area (Å²) >= 11 is 1.56. The maximum Gasteiger partial charge on any atom is 0.324 e. The Bertz CT molecular complexity index is 904. The van der Waals surface area contributed by atoms with Gasteiger partial charge in [-0.25, -0.2) is 9.78 Å². The van der Waals surface area contributed by atoms with Crippen LogP contribution in [0.5, 0.6) is 5.75 Å². The van der Waals surface area contributed by atoms with E-state index in [1.165, 1.54) is 0 Å². The molecular formula is C17H17N5O2S. The summed E-state index contributed by atoms with van der Waals surface area (Å²) in [6, 6.07) is 6.53. The molecule has 2 fully saturated rings. The summed E-state index contributed by atoms with van der Waals surface area (Å²) in [6.45, 7) is 1.04. The number of nitriles is 1. The van der Waals surface area contributed by atoms with Crippen molar-refractivity contribution in [2.75, 3.05) is 18.1 Å². The molecule has 0 spiro atoms. The van der Waals surface area contributed by atoms with Crippen LogP contribution >= 0.6 is 11.3 Å². The molecule has 1 saturated carbocycles. The zero-order chi connectivity index (χ0) is 17.0. The number of urea groups is 1. The Morgan fingerprint density at radius 3 is 3.28 bits per heavy atom. The van der Waals surface area contributed by atoms with Gasteiger partial charge in [-0.2, -0.15) is 5.26 Å². The van der Waals surface area contributed by atoms with E-state index in [1.807, 2.05) is 17.0 Å². The normalized spacial score (nSPS) is 27.1. The van der Waals surface area contributed by atoms with Crippen LogP contribution in [0.15, 0.2) is 12.1 Å². The Labute approximate surface area is 148 Å². The van der Waals surface area contributed by atoms with Crippen LogP contribution in [0.4, 0.5) is 9.93 Å². The van der Waals surface area contributed by atoms with Gasteiger partial charge in [0.15, 0.2) is 5.13 Å². The number of hydrogen-bond acceptors (Lipinski definition) is 6. The second-order valence-corrected chi connectivity index (χ2v) is 7.69. The molecule has 2 N–H and O–H groups in total. The van der Waals surface area contributed by atoms with Crippen molar-refractivity contribution in [2.45, 2.75) is 37.4 Å². The van der Waals surface area contributed by atoms with E-state index in [2.05, 4.69) is 16.7 Å². The fourth-order valence-electron chi connectivity index (χ4n) is 4.18. The van der Waals surface area contributed by atoms with Gasteiger partial charge >= 0.3 is 6.03 Å². The summed E-state index contributed by atoms with van der Waals surface area (Å²) in [5, 5.41) is 15.8. The molecule has 3 atom stereocenters. The third kappa shape index (κ3) is 2.27. The van der Waals surface area contributed by atoms with Gasteiger partial charge in [0, 0.05) is 18.0 Å². The Balaban J connectivity index is 1.47. The Morgan fingerprint density at radius 2 is 2.40 bits per heavy atom. The first-order valence-corrected chi connectivity index (χ1v) is 9.31. The van der Waals surface area contributed by atoms with Gasteiger partial charge in [-0.3, -0.25) is 4.90 Å². The second-order valence-electron chi connectivity index (χ2n) is 6.68. The lowest BCUT2D eigenvalue weighted by Crippen LogP contribution is -2.37. The molecule has 2 amide bonds. The van der Waals surface area contributed by atoms with Gasteiger partial charge in [-0.1, -0.05) is 11.3 Å². The molecule has 1 aromatic heterocycles. The van der Waals surface area contributed by atoms with E-state index in [1.54, 1.807) is 11.3 Å². The van der Waals surface area contributed by atoms with Crippen molar-refractivity contribution in [1.29, 1.82) is 5.26 Å². The Morgan fingerprint density at radius 1 is 1.48 bits per heavy atom. The molecule has 1 saturated heterocycles.